The summed E-state index contributed by atoms with van der Waals surface area (Å²) in [5.74, 6) is -0.128. The predicted molar refractivity (Wildman–Crippen MR) is 104 cm³/mol. The molecule has 0 unspecified atom stereocenters. The molecule has 0 saturated carbocycles. The smallest absolute Gasteiger partial charge is 0.329 e. The van der Waals surface area contributed by atoms with Gasteiger partial charge in [0.1, 0.15) is 0 Å². The maximum Gasteiger partial charge on any atom is 0.329 e. The topological polar surface area (TPSA) is 100 Å². The highest BCUT2D eigenvalue weighted by atomic mass is 16.2. The van der Waals surface area contributed by atoms with Crippen LogP contribution in [0.2, 0.25) is 0 Å². The summed E-state index contributed by atoms with van der Waals surface area (Å²) in [4.78, 5) is 47.0. The number of pyridine rings is 1. The lowest BCUT2D eigenvalue weighted by Crippen LogP contribution is -2.52. The molecule has 0 aliphatic carbocycles. The number of carbonyl (C=O) groups is 1. The lowest BCUT2D eigenvalue weighted by atomic mass is 10.0. The van der Waals surface area contributed by atoms with Gasteiger partial charge in [0.15, 0.2) is 5.65 Å². The number of rotatable bonds is 4. The van der Waals surface area contributed by atoms with E-state index in [9.17, 15) is 14.4 Å². The number of aromatic nitrogens is 3. The molecule has 1 saturated heterocycles. The number of aryl methyl sites for hydroxylation is 1. The van der Waals surface area contributed by atoms with Crippen molar-refractivity contribution >= 4 is 16.9 Å². The largest absolute Gasteiger partial charge is 0.333 e. The number of fused-ring (bicyclic) bond motifs is 1. The zero-order valence-corrected chi connectivity index (χ0v) is 16.3. The maximum atomic E-state index is 13.3. The van der Waals surface area contributed by atoms with Gasteiger partial charge in [-0.25, -0.2) is 9.78 Å². The van der Waals surface area contributed by atoms with Crippen LogP contribution in [0.25, 0.3) is 11.0 Å². The number of hydrogen-bond acceptors (Lipinski definition) is 5. The first-order valence-corrected chi connectivity index (χ1v) is 9.54. The van der Waals surface area contributed by atoms with Gasteiger partial charge in [-0.15, -0.1) is 0 Å². The standard InChI is InChI=1S/C19H27N5O3/c1-5-7-24-16-15(17(25)22-19(24)27)13(9-14(21-16)11(2)3)18(26)23-8-6-20-10-12(23)4/h9,11-12,20H,5-8,10H2,1-4H3,(H,22,25,27)/t12-/m1/s1. The molecule has 1 fully saturated rings. The molecule has 1 amide bonds. The number of nitrogens with zero attached hydrogens (tertiary/aromatic N) is 3. The fourth-order valence-electron chi connectivity index (χ4n) is 3.49. The summed E-state index contributed by atoms with van der Waals surface area (Å²) in [6.07, 6.45) is 0.715. The van der Waals surface area contributed by atoms with Crippen LogP contribution in [0.3, 0.4) is 0 Å². The first kappa shape index (κ1) is 19.3. The van der Waals surface area contributed by atoms with Gasteiger partial charge in [0.05, 0.1) is 10.9 Å². The number of aromatic amines is 1. The SMILES string of the molecule is CCCn1c(=O)[nH]c(=O)c2c(C(=O)N3CCNC[C@H]3C)cc(C(C)C)nc21. The third kappa shape index (κ3) is 3.53. The quantitative estimate of drug-likeness (QED) is 0.834. The third-order valence-electron chi connectivity index (χ3n) is 5.00. The van der Waals surface area contributed by atoms with Crippen molar-refractivity contribution in [1.29, 1.82) is 0 Å². The van der Waals surface area contributed by atoms with E-state index < -0.39 is 11.2 Å². The molecular weight excluding hydrogens is 346 g/mol. The highest BCUT2D eigenvalue weighted by molar-refractivity contribution is 6.05. The van der Waals surface area contributed by atoms with Crippen molar-refractivity contribution in [2.75, 3.05) is 19.6 Å². The summed E-state index contributed by atoms with van der Waals surface area (Å²) in [6.45, 7) is 10.3. The number of H-pyrrole nitrogens is 1. The molecule has 2 aromatic rings. The molecular formula is C19H27N5O3. The van der Waals surface area contributed by atoms with Gasteiger partial charge in [0.2, 0.25) is 0 Å². The summed E-state index contributed by atoms with van der Waals surface area (Å²) < 4.78 is 1.46. The second-order valence-corrected chi connectivity index (χ2v) is 7.41. The molecule has 0 bridgehead atoms. The molecule has 0 spiro atoms. The van der Waals surface area contributed by atoms with Crippen LogP contribution in [-0.4, -0.2) is 51.0 Å². The monoisotopic (exact) mass is 373 g/mol. The van der Waals surface area contributed by atoms with E-state index in [4.69, 9.17) is 0 Å². The molecule has 8 heteroatoms. The molecule has 2 aromatic heterocycles. The predicted octanol–water partition coefficient (Wildman–Crippen LogP) is 1.05. The van der Waals surface area contributed by atoms with Gasteiger partial charge in [-0.1, -0.05) is 20.8 Å². The third-order valence-corrected chi connectivity index (χ3v) is 5.00. The number of piperazine rings is 1. The molecule has 0 aromatic carbocycles. The number of amides is 1. The van der Waals surface area contributed by atoms with E-state index in [1.54, 1.807) is 11.0 Å². The molecule has 3 heterocycles. The van der Waals surface area contributed by atoms with Gasteiger partial charge in [0, 0.05) is 37.9 Å². The summed E-state index contributed by atoms with van der Waals surface area (Å²) in [5, 5.41) is 3.46. The van der Waals surface area contributed by atoms with Crippen LogP contribution < -0.4 is 16.6 Å². The average molecular weight is 373 g/mol. The van der Waals surface area contributed by atoms with Crippen molar-refractivity contribution in [3.05, 3.63) is 38.2 Å². The Labute approximate surface area is 157 Å². The van der Waals surface area contributed by atoms with Crippen LogP contribution in [0, 0.1) is 0 Å². The molecule has 27 heavy (non-hydrogen) atoms. The van der Waals surface area contributed by atoms with Crippen molar-refractivity contribution < 1.29 is 4.79 Å². The summed E-state index contributed by atoms with van der Waals surface area (Å²) in [5.41, 5.74) is 0.267. The number of nitrogens with one attached hydrogen (secondary N) is 2. The molecule has 2 N–H and O–H groups in total. The first-order valence-electron chi connectivity index (χ1n) is 9.54. The lowest BCUT2D eigenvalue weighted by Gasteiger charge is -2.34. The molecule has 1 aliphatic heterocycles. The summed E-state index contributed by atoms with van der Waals surface area (Å²) in [6, 6.07) is 1.73. The van der Waals surface area contributed by atoms with Gasteiger partial charge < -0.3 is 10.2 Å². The van der Waals surface area contributed by atoms with Crippen molar-refractivity contribution in [3.8, 4) is 0 Å². The Bertz CT molecular complexity index is 976. The summed E-state index contributed by atoms with van der Waals surface area (Å²) in [7, 11) is 0. The van der Waals surface area contributed by atoms with Crippen LogP contribution in [0.4, 0.5) is 0 Å². The Morgan fingerprint density at radius 2 is 2.11 bits per heavy atom. The Morgan fingerprint density at radius 1 is 1.37 bits per heavy atom. The van der Waals surface area contributed by atoms with Gasteiger partial charge in [-0.3, -0.25) is 19.1 Å². The zero-order chi connectivity index (χ0) is 19.7. The van der Waals surface area contributed by atoms with Crippen LogP contribution >= 0.6 is 0 Å². The molecule has 1 aliphatic rings. The first-order chi connectivity index (χ1) is 12.8. The van der Waals surface area contributed by atoms with Crippen LogP contribution in [-0.2, 0) is 6.54 Å². The van der Waals surface area contributed by atoms with Gasteiger partial charge in [-0.2, -0.15) is 0 Å². The zero-order valence-electron chi connectivity index (χ0n) is 16.3. The number of hydrogen-bond donors (Lipinski definition) is 2. The van der Waals surface area contributed by atoms with E-state index in [0.29, 0.717) is 49.5 Å². The maximum absolute atomic E-state index is 13.3. The average Bonchev–Trinajstić information content (AvgIpc) is 2.63. The summed E-state index contributed by atoms with van der Waals surface area (Å²) >= 11 is 0. The normalized spacial score (nSPS) is 17.7. The highest BCUT2D eigenvalue weighted by Crippen LogP contribution is 2.22. The lowest BCUT2D eigenvalue weighted by molar-refractivity contribution is 0.0657. The Morgan fingerprint density at radius 3 is 2.74 bits per heavy atom. The molecule has 0 radical (unpaired) electrons. The molecule has 3 rings (SSSR count). The second kappa shape index (κ2) is 7.64. The van der Waals surface area contributed by atoms with Crippen LogP contribution in [0.15, 0.2) is 15.7 Å². The van der Waals surface area contributed by atoms with Gasteiger partial charge in [-0.05, 0) is 25.3 Å². The molecule has 1 atom stereocenters. The molecule has 146 valence electrons. The van der Waals surface area contributed by atoms with E-state index in [0.717, 1.165) is 0 Å². The van der Waals surface area contributed by atoms with E-state index >= 15 is 0 Å². The van der Waals surface area contributed by atoms with Gasteiger partial charge >= 0.3 is 5.69 Å². The number of carbonyl (C=O) groups excluding carboxylic acids is 1. The van der Waals surface area contributed by atoms with Crippen molar-refractivity contribution in [3.63, 3.8) is 0 Å². The Balaban J connectivity index is 2.30. The minimum absolute atomic E-state index is 0.0255. The second-order valence-electron chi connectivity index (χ2n) is 7.41. The fourth-order valence-corrected chi connectivity index (χ4v) is 3.49. The van der Waals surface area contributed by atoms with Crippen molar-refractivity contribution in [2.45, 2.75) is 52.6 Å². The van der Waals surface area contributed by atoms with E-state index in [1.807, 2.05) is 27.7 Å². The van der Waals surface area contributed by atoms with E-state index in [1.165, 1.54) is 4.57 Å². The van der Waals surface area contributed by atoms with Gasteiger partial charge in [0.25, 0.3) is 11.5 Å². The van der Waals surface area contributed by atoms with Crippen molar-refractivity contribution in [2.24, 2.45) is 0 Å². The Kier molecular flexibility index (Phi) is 5.46. The highest BCUT2D eigenvalue weighted by Gasteiger charge is 2.28. The molecule has 8 nitrogen and oxygen atoms in total. The van der Waals surface area contributed by atoms with E-state index in [2.05, 4.69) is 15.3 Å². The Hall–Kier alpha value is -2.48. The minimum Gasteiger partial charge on any atom is -0.333 e. The van der Waals surface area contributed by atoms with Crippen LogP contribution in [0.1, 0.15) is 56.1 Å². The van der Waals surface area contributed by atoms with Crippen molar-refractivity contribution in [1.82, 2.24) is 24.8 Å². The van der Waals surface area contributed by atoms with E-state index in [-0.39, 0.29) is 23.3 Å². The fraction of sp³-hybridized carbons (Fsp3) is 0.579. The van der Waals surface area contributed by atoms with Crippen LogP contribution in [0.5, 0.6) is 0 Å². The minimum atomic E-state index is -0.559.